The molecule has 1 saturated carbocycles. The van der Waals surface area contributed by atoms with Crippen molar-refractivity contribution in [3.05, 3.63) is 47.7 Å². The molecule has 4 rings (SSSR count). The van der Waals surface area contributed by atoms with Crippen LogP contribution in [0.4, 0.5) is 0 Å². The van der Waals surface area contributed by atoms with Gasteiger partial charge in [0.25, 0.3) is 0 Å². The molecule has 0 amide bonds. The van der Waals surface area contributed by atoms with Crippen molar-refractivity contribution < 1.29 is 4.79 Å². The van der Waals surface area contributed by atoms with Crippen LogP contribution in [0.1, 0.15) is 17.6 Å². The molecule has 0 N–H and O–H groups in total. The highest BCUT2D eigenvalue weighted by Gasteiger charge is 2.32. The third-order valence-corrected chi connectivity index (χ3v) is 3.99. The number of benzene rings is 1. The van der Waals surface area contributed by atoms with E-state index >= 15 is 0 Å². The third kappa shape index (κ3) is 2.12. The Hall–Kier alpha value is -2.20. The number of carbonyl (C=O) groups excluding carboxylic acids is 1. The van der Waals surface area contributed by atoms with Gasteiger partial charge in [-0.25, -0.2) is 0 Å². The van der Waals surface area contributed by atoms with Gasteiger partial charge in [-0.1, -0.05) is 29.8 Å². The van der Waals surface area contributed by atoms with Gasteiger partial charge < -0.3 is 0 Å². The van der Waals surface area contributed by atoms with Gasteiger partial charge in [0.1, 0.15) is 0 Å². The molecule has 1 aliphatic carbocycles. The van der Waals surface area contributed by atoms with Crippen molar-refractivity contribution in [2.45, 2.75) is 12.8 Å². The van der Waals surface area contributed by atoms with Gasteiger partial charge in [-0.3, -0.25) is 9.36 Å². The number of rotatable bonds is 2. The highest BCUT2D eigenvalue weighted by atomic mass is 35.5. The van der Waals surface area contributed by atoms with E-state index in [-0.39, 0.29) is 11.8 Å². The lowest BCUT2D eigenvalue weighted by Gasteiger charge is -2.01. The largest absolute Gasteiger partial charge is 0.286 e. The summed E-state index contributed by atoms with van der Waals surface area (Å²) in [7, 11) is 0. The van der Waals surface area contributed by atoms with Crippen LogP contribution in [0.3, 0.4) is 0 Å². The summed E-state index contributed by atoms with van der Waals surface area (Å²) in [5, 5.41) is 9.37. The molecular weight excluding hydrogens is 286 g/mol. The first-order valence-corrected chi connectivity index (χ1v) is 7.26. The first-order chi connectivity index (χ1) is 10.2. The van der Waals surface area contributed by atoms with E-state index in [0.29, 0.717) is 5.15 Å². The van der Waals surface area contributed by atoms with Crippen molar-refractivity contribution in [2.24, 2.45) is 5.92 Å². The second-order valence-electron chi connectivity index (χ2n) is 5.28. The summed E-state index contributed by atoms with van der Waals surface area (Å²) in [5.41, 5.74) is 2.54. The summed E-state index contributed by atoms with van der Waals surface area (Å²) in [6.45, 7) is 0. The summed E-state index contributed by atoms with van der Waals surface area (Å²) in [5.74, 6) is 0.337. The lowest BCUT2D eigenvalue weighted by molar-refractivity contribution is 0.0891. The van der Waals surface area contributed by atoms with Gasteiger partial charge in [-0.15, -0.1) is 10.2 Å². The minimum atomic E-state index is 0.166. The van der Waals surface area contributed by atoms with Gasteiger partial charge in [0.05, 0.1) is 11.2 Å². The van der Waals surface area contributed by atoms with Crippen LogP contribution in [0.25, 0.3) is 22.2 Å². The Morgan fingerprint density at radius 2 is 1.95 bits per heavy atom. The standard InChI is InChI=1S/C16H12ClN3O/c17-15-8-7-13(18-19-15)12-9-20(16(21)10-5-6-10)14-4-2-1-3-11(12)14/h1-4,7-10H,5-6H2. The van der Waals surface area contributed by atoms with Crippen molar-refractivity contribution in [2.75, 3.05) is 0 Å². The molecular formula is C16H12ClN3O. The highest BCUT2D eigenvalue weighted by Crippen LogP contribution is 2.35. The first kappa shape index (κ1) is 12.5. The zero-order valence-corrected chi connectivity index (χ0v) is 11.9. The van der Waals surface area contributed by atoms with Crippen molar-refractivity contribution >= 4 is 28.4 Å². The van der Waals surface area contributed by atoms with Crippen LogP contribution in [0.15, 0.2) is 42.6 Å². The number of hydrogen-bond donors (Lipinski definition) is 0. The van der Waals surface area contributed by atoms with E-state index in [4.69, 9.17) is 11.6 Å². The van der Waals surface area contributed by atoms with E-state index in [1.807, 2.05) is 36.5 Å². The average molecular weight is 298 g/mol. The molecule has 5 heteroatoms. The lowest BCUT2D eigenvalue weighted by atomic mass is 10.1. The van der Waals surface area contributed by atoms with Gasteiger partial charge in [-0.2, -0.15) is 0 Å². The second kappa shape index (κ2) is 4.67. The molecule has 0 spiro atoms. The fraction of sp³-hybridized carbons (Fsp3) is 0.188. The minimum Gasteiger partial charge on any atom is -0.286 e. The van der Waals surface area contributed by atoms with Crippen LogP contribution in [-0.4, -0.2) is 20.7 Å². The number of fused-ring (bicyclic) bond motifs is 1. The van der Waals surface area contributed by atoms with E-state index < -0.39 is 0 Å². The molecule has 2 aromatic heterocycles. The molecule has 3 aromatic rings. The summed E-state index contributed by atoms with van der Waals surface area (Å²) < 4.78 is 1.75. The molecule has 0 saturated heterocycles. The Morgan fingerprint density at radius 1 is 1.14 bits per heavy atom. The zero-order valence-electron chi connectivity index (χ0n) is 11.2. The number of hydrogen-bond acceptors (Lipinski definition) is 3. The monoisotopic (exact) mass is 297 g/mol. The second-order valence-corrected chi connectivity index (χ2v) is 5.67. The van der Waals surface area contributed by atoms with Gasteiger partial charge >= 0.3 is 0 Å². The summed E-state index contributed by atoms with van der Waals surface area (Å²) in [4.78, 5) is 12.4. The Bertz CT molecular complexity index is 834. The molecule has 0 unspecified atom stereocenters. The number of nitrogens with zero attached hydrogens (tertiary/aromatic N) is 3. The fourth-order valence-corrected chi connectivity index (χ4v) is 2.65. The number of para-hydroxylation sites is 1. The van der Waals surface area contributed by atoms with Crippen LogP contribution >= 0.6 is 11.6 Å². The summed E-state index contributed by atoms with van der Waals surface area (Å²) in [6, 6.07) is 11.4. The van der Waals surface area contributed by atoms with E-state index in [2.05, 4.69) is 10.2 Å². The normalized spacial score (nSPS) is 14.5. The number of aromatic nitrogens is 3. The first-order valence-electron chi connectivity index (χ1n) is 6.88. The summed E-state index contributed by atoms with van der Waals surface area (Å²) in [6.07, 6.45) is 3.84. The van der Waals surface area contributed by atoms with Crippen LogP contribution in [0.5, 0.6) is 0 Å². The van der Waals surface area contributed by atoms with Crippen molar-refractivity contribution in [1.82, 2.24) is 14.8 Å². The predicted molar refractivity (Wildman–Crippen MR) is 81.3 cm³/mol. The van der Waals surface area contributed by atoms with E-state index in [1.165, 1.54) is 0 Å². The molecule has 1 fully saturated rings. The highest BCUT2D eigenvalue weighted by molar-refractivity contribution is 6.29. The number of carbonyl (C=O) groups is 1. The zero-order chi connectivity index (χ0) is 14.4. The van der Waals surface area contributed by atoms with Crippen LogP contribution in [0.2, 0.25) is 5.15 Å². The molecule has 0 aliphatic heterocycles. The van der Waals surface area contributed by atoms with Gasteiger partial charge in [0.2, 0.25) is 5.91 Å². The molecule has 4 nitrogen and oxygen atoms in total. The molecule has 1 aromatic carbocycles. The van der Waals surface area contributed by atoms with E-state index in [0.717, 1.165) is 35.0 Å². The summed E-state index contributed by atoms with van der Waals surface area (Å²) >= 11 is 5.79. The van der Waals surface area contributed by atoms with Crippen LogP contribution in [0, 0.1) is 5.92 Å². The molecule has 104 valence electrons. The number of halogens is 1. The average Bonchev–Trinajstić information content (AvgIpc) is 3.29. The maximum absolute atomic E-state index is 12.4. The Morgan fingerprint density at radius 3 is 2.67 bits per heavy atom. The maximum atomic E-state index is 12.4. The third-order valence-electron chi connectivity index (χ3n) is 3.78. The Balaban J connectivity index is 1.92. The van der Waals surface area contributed by atoms with Gasteiger partial charge in [0, 0.05) is 23.1 Å². The molecule has 1 aliphatic rings. The molecule has 0 atom stereocenters. The molecule has 21 heavy (non-hydrogen) atoms. The van der Waals surface area contributed by atoms with Gasteiger partial charge in [-0.05, 0) is 31.0 Å². The minimum absolute atomic E-state index is 0.166. The maximum Gasteiger partial charge on any atom is 0.234 e. The predicted octanol–water partition coefficient (Wildman–Crippen LogP) is 3.80. The smallest absolute Gasteiger partial charge is 0.234 e. The van der Waals surface area contributed by atoms with Crippen molar-refractivity contribution in [3.63, 3.8) is 0 Å². The SMILES string of the molecule is O=C(C1CC1)n1cc(-c2ccc(Cl)nn2)c2ccccc21. The van der Waals surface area contributed by atoms with Crippen LogP contribution < -0.4 is 0 Å². The quantitative estimate of drug-likeness (QED) is 0.723. The van der Waals surface area contributed by atoms with Crippen molar-refractivity contribution in [1.29, 1.82) is 0 Å². The fourth-order valence-electron chi connectivity index (χ4n) is 2.55. The lowest BCUT2D eigenvalue weighted by Crippen LogP contribution is -2.10. The van der Waals surface area contributed by atoms with Crippen molar-refractivity contribution in [3.8, 4) is 11.3 Å². The molecule has 2 heterocycles. The Labute approximate surface area is 126 Å². The van der Waals surface area contributed by atoms with Crippen LogP contribution in [-0.2, 0) is 0 Å². The van der Waals surface area contributed by atoms with E-state index in [9.17, 15) is 4.79 Å². The van der Waals surface area contributed by atoms with Gasteiger partial charge in [0.15, 0.2) is 5.15 Å². The van der Waals surface area contributed by atoms with E-state index in [1.54, 1.807) is 10.6 Å². The molecule has 0 bridgehead atoms. The molecule has 0 radical (unpaired) electrons. The Kier molecular flexibility index (Phi) is 2.79. The topological polar surface area (TPSA) is 47.8 Å².